The fraction of sp³-hybridized carbons (Fsp3) is 0.567. The van der Waals surface area contributed by atoms with Gasteiger partial charge >= 0.3 is 0 Å². The first kappa shape index (κ1) is 34.0. The SMILES string of the molecule is COc1ccc(S(=O)(=O)N(CC(C)C)[C@](Cc2ccccc2)(NC(=O)[C@@H](C)CS(=O)(=O)N2CCCCC2)[C@@H](C)O)cc1. The Bertz CT molecular complexity index is 1380. The summed E-state index contributed by atoms with van der Waals surface area (Å²) in [5.41, 5.74) is -1.14. The summed E-state index contributed by atoms with van der Waals surface area (Å²) in [5.74, 6) is -1.79. The lowest BCUT2D eigenvalue weighted by atomic mass is 9.92. The average Bonchev–Trinajstić information content (AvgIpc) is 2.96. The van der Waals surface area contributed by atoms with Crippen molar-refractivity contribution >= 4 is 26.0 Å². The molecule has 3 rings (SSSR count). The Labute approximate surface area is 251 Å². The van der Waals surface area contributed by atoms with Crippen molar-refractivity contribution in [2.75, 3.05) is 32.5 Å². The largest absolute Gasteiger partial charge is 0.497 e. The van der Waals surface area contributed by atoms with Crippen LogP contribution in [0.1, 0.15) is 52.5 Å². The first-order valence-electron chi connectivity index (χ1n) is 14.4. The molecule has 1 aliphatic heterocycles. The van der Waals surface area contributed by atoms with Crippen molar-refractivity contribution in [2.24, 2.45) is 11.8 Å². The second kappa shape index (κ2) is 14.3. The Morgan fingerprint density at radius 1 is 0.976 bits per heavy atom. The molecule has 2 aromatic carbocycles. The molecule has 0 aromatic heterocycles. The summed E-state index contributed by atoms with van der Waals surface area (Å²) in [6.07, 6.45) is 1.09. The Balaban J connectivity index is 2.08. The number of nitrogens with zero attached hydrogens (tertiary/aromatic N) is 2. The minimum absolute atomic E-state index is 0.0210. The zero-order valence-electron chi connectivity index (χ0n) is 25.2. The van der Waals surface area contributed by atoms with E-state index in [1.165, 1.54) is 49.5 Å². The lowest BCUT2D eigenvalue weighted by molar-refractivity contribution is -0.131. The number of carbonyl (C=O) groups excluding carboxylic acids is 1. The van der Waals surface area contributed by atoms with Gasteiger partial charge in [0.2, 0.25) is 26.0 Å². The van der Waals surface area contributed by atoms with E-state index in [4.69, 9.17) is 4.74 Å². The van der Waals surface area contributed by atoms with Gasteiger partial charge in [-0.15, -0.1) is 0 Å². The van der Waals surface area contributed by atoms with Crippen LogP contribution in [0.2, 0.25) is 0 Å². The molecular formula is C30H45N3O7S2. The minimum atomic E-state index is -4.29. The molecule has 0 bridgehead atoms. The minimum Gasteiger partial charge on any atom is -0.497 e. The smallest absolute Gasteiger partial charge is 0.245 e. The lowest BCUT2D eigenvalue weighted by Gasteiger charge is -2.46. The molecule has 0 aliphatic carbocycles. The van der Waals surface area contributed by atoms with Gasteiger partial charge in [0.15, 0.2) is 0 Å². The molecule has 1 aliphatic rings. The highest BCUT2D eigenvalue weighted by Gasteiger charge is 2.50. The van der Waals surface area contributed by atoms with Crippen molar-refractivity contribution in [3.63, 3.8) is 0 Å². The number of hydrogen-bond donors (Lipinski definition) is 2. The summed E-state index contributed by atoms with van der Waals surface area (Å²) < 4.78 is 62.7. The highest BCUT2D eigenvalue weighted by atomic mass is 32.2. The molecule has 1 heterocycles. The van der Waals surface area contributed by atoms with Crippen molar-refractivity contribution < 1.29 is 31.5 Å². The van der Waals surface area contributed by atoms with Crippen molar-refractivity contribution in [2.45, 2.75) is 70.0 Å². The van der Waals surface area contributed by atoms with E-state index in [1.54, 1.807) is 24.3 Å². The number of nitrogens with one attached hydrogen (secondary N) is 1. The zero-order chi connectivity index (χ0) is 31.1. The van der Waals surface area contributed by atoms with Crippen molar-refractivity contribution in [3.05, 3.63) is 60.2 Å². The van der Waals surface area contributed by atoms with Crippen LogP contribution in [0.3, 0.4) is 0 Å². The molecule has 10 nitrogen and oxygen atoms in total. The van der Waals surface area contributed by atoms with Gasteiger partial charge in [-0.3, -0.25) is 4.79 Å². The second-order valence-electron chi connectivity index (χ2n) is 11.5. The molecular weight excluding hydrogens is 578 g/mol. The third kappa shape index (κ3) is 8.10. The van der Waals surface area contributed by atoms with Gasteiger partial charge in [-0.2, -0.15) is 4.31 Å². The molecule has 2 aromatic rings. The number of aliphatic hydroxyl groups is 1. The average molecular weight is 624 g/mol. The molecule has 3 atom stereocenters. The number of piperidine rings is 1. The van der Waals surface area contributed by atoms with Gasteiger partial charge in [0.25, 0.3) is 0 Å². The van der Waals surface area contributed by atoms with Crippen molar-refractivity contribution in [1.82, 2.24) is 13.9 Å². The third-order valence-corrected chi connectivity index (χ3v) is 11.6. The summed E-state index contributed by atoms with van der Waals surface area (Å²) in [6.45, 7) is 7.47. The number of hydrogen-bond acceptors (Lipinski definition) is 7. The van der Waals surface area contributed by atoms with Gasteiger partial charge in [-0.1, -0.05) is 57.5 Å². The van der Waals surface area contributed by atoms with Gasteiger partial charge in [0.05, 0.1) is 29.8 Å². The molecule has 1 fully saturated rings. The van der Waals surface area contributed by atoms with Gasteiger partial charge in [-0.05, 0) is 55.5 Å². The van der Waals surface area contributed by atoms with E-state index in [1.807, 2.05) is 19.9 Å². The van der Waals surface area contributed by atoms with E-state index in [9.17, 15) is 26.7 Å². The Kier molecular flexibility index (Phi) is 11.6. The summed E-state index contributed by atoms with van der Waals surface area (Å²) in [5, 5.41) is 14.3. The number of benzene rings is 2. The molecule has 12 heteroatoms. The molecule has 234 valence electrons. The highest BCUT2D eigenvalue weighted by molar-refractivity contribution is 7.89. The second-order valence-corrected chi connectivity index (χ2v) is 15.4. The van der Waals surface area contributed by atoms with Crippen LogP contribution in [-0.4, -0.2) is 80.7 Å². The van der Waals surface area contributed by atoms with E-state index in [0.29, 0.717) is 24.4 Å². The van der Waals surface area contributed by atoms with Gasteiger partial charge in [-0.25, -0.2) is 21.1 Å². The molecule has 0 unspecified atom stereocenters. The molecule has 1 amide bonds. The van der Waals surface area contributed by atoms with Crippen LogP contribution in [0.15, 0.2) is 59.5 Å². The van der Waals surface area contributed by atoms with Crippen LogP contribution in [0, 0.1) is 11.8 Å². The highest BCUT2D eigenvalue weighted by Crippen LogP contribution is 2.32. The number of aliphatic hydroxyl groups excluding tert-OH is 1. The van der Waals surface area contributed by atoms with Gasteiger partial charge in [0, 0.05) is 26.1 Å². The molecule has 0 radical (unpaired) electrons. The van der Waals surface area contributed by atoms with E-state index >= 15 is 0 Å². The van der Waals surface area contributed by atoms with E-state index < -0.39 is 49.4 Å². The number of amides is 1. The Hall–Kier alpha value is -2.51. The summed E-state index contributed by atoms with van der Waals surface area (Å²) in [6, 6.07) is 14.9. The molecule has 42 heavy (non-hydrogen) atoms. The first-order valence-corrected chi connectivity index (χ1v) is 17.5. The number of carbonyl (C=O) groups is 1. The number of methoxy groups -OCH3 is 1. The Morgan fingerprint density at radius 3 is 2.10 bits per heavy atom. The number of sulfonamides is 2. The van der Waals surface area contributed by atoms with Crippen molar-refractivity contribution in [3.8, 4) is 5.75 Å². The van der Waals surface area contributed by atoms with Crippen molar-refractivity contribution in [1.29, 1.82) is 0 Å². The number of ether oxygens (including phenoxy) is 1. The topological polar surface area (TPSA) is 133 Å². The molecule has 0 saturated carbocycles. The first-order chi connectivity index (χ1) is 19.7. The maximum absolute atomic E-state index is 14.3. The molecule has 0 spiro atoms. The zero-order valence-corrected chi connectivity index (χ0v) is 26.8. The van der Waals surface area contributed by atoms with E-state index in [0.717, 1.165) is 23.6 Å². The van der Waals surface area contributed by atoms with Crippen LogP contribution in [0.5, 0.6) is 5.75 Å². The van der Waals surface area contributed by atoms with E-state index in [2.05, 4.69) is 5.32 Å². The predicted molar refractivity (Wildman–Crippen MR) is 163 cm³/mol. The van der Waals surface area contributed by atoms with Crippen LogP contribution < -0.4 is 10.1 Å². The fourth-order valence-electron chi connectivity index (χ4n) is 5.22. The predicted octanol–water partition coefficient (Wildman–Crippen LogP) is 3.23. The van der Waals surface area contributed by atoms with Crippen LogP contribution in [0.4, 0.5) is 0 Å². The summed E-state index contributed by atoms with van der Waals surface area (Å²) >= 11 is 0. The van der Waals surface area contributed by atoms with Gasteiger partial charge < -0.3 is 15.2 Å². The fourth-order valence-corrected chi connectivity index (χ4v) is 8.95. The molecule has 2 N–H and O–H groups in total. The summed E-state index contributed by atoms with van der Waals surface area (Å²) in [7, 11) is -6.52. The maximum Gasteiger partial charge on any atom is 0.245 e. The van der Waals surface area contributed by atoms with Crippen LogP contribution >= 0.6 is 0 Å². The van der Waals surface area contributed by atoms with E-state index in [-0.39, 0.29) is 23.8 Å². The normalized spacial score (nSPS) is 17.9. The maximum atomic E-state index is 14.3. The standard InChI is InChI=1S/C30H45N3O7S2/c1-23(2)21-33(42(38,39)28-16-14-27(40-5)15-17-28)30(25(4)34,20-26-12-8-6-9-13-26)31-29(35)24(3)22-41(36,37)32-18-10-7-11-19-32/h6,8-9,12-17,23-25,34H,7,10-11,18-22H2,1-5H3,(H,31,35)/t24-,25+,30-/m0/s1. The van der Waals surface area contributed by atoms with Gasteiger partial charge in [0.1, 0.15) is 11.4 Å². The Morgan fingerprint density at radius 2 is 1.57 bits per heavy atom. The third-order valence-electron chi connectivity index (χ3n) is 7.59. The lowest BCUT2D eigenvalue weighted by Crippen LogP contribution is -2.70. The monoisotopic (exact) mass is 623 g/mol. The van der Waals surface area contributed by atoms with Crippen LogP contribution in [-0.2, 0) is 31.3 Å². The molecule has 1 saturated heterocycles. The summed E-state index contributed by atoms with van der Waals surface area (Å²) in [4.78, 5) is 13.8. The quantitative estimate of drug-likeness (QED) is 0.309. The van der Waals surface area contributed by atoms with Crippen LogP contribution in [0.25, 0.3) is 0 Å². The number of rotatable bonds is 14.